The van der Waals surface area contributed by atoms with Crippen LogP contribution in [0.4, 0.5) is 5.69 Å². The Morgan fingerprint density at radius 1 is 0.857 bits per heavy atom. The van der Waals surface area contributed by atoms with Gasteiger partial charge in [0, 0.05) is 23.9 Å². The van der Waals surface area contributed by atoms with Crippen LogP contribution in [0, 0.1) is 0 Å². The van der Waals surface area contributed by atoms with Crippen molar-refractivity contribution in [1.82, 2.24) is 4.98 Å². The molecule has 0 bridgehead atoms. The lowest BCUT2D eigenvalue weighted by Crippen LogP contribution is -2.16. The Kier molecular flexibility index (Phi) is 5.02. The van der Waals surface area contributed by atoms with Gasteiger partial charge in [0.2, 0.25) is 5.91 Å². The van der Waals surface area contributed by atoms with E-state index in [0.717, 1.165) is 16.5 Å². The SMILES string of the molecule is O=C(CC(c1ccccc1)c1ccccc1)Nc1ccc2cccnc2c1O. The maximum Gasteiger partial charge on any atom is 0.225 e. The van der Waals surface area contributed by atoms with Crippen LogP contribution in [0.15, 0.2) is 91.1 Å². The van der Waals surface area contributed by atoms with Gasteiger partial charge in [0.25, 0.3) is 0 Å². The molecule has 4 nitrogen and oxygen atoms in total. The summed E-state index contributed by atoms with van der Waals surface area (Å²) in [7, 11) is 0. The standard InChI is InChI=1S/C24H20N2O2/c27-22(26-21-14-13-19-12-7-15-25-23(19)24(21)28)16-20(17-8-3-1-4-9-17)18-10-5-2-6-11-18/h1-15,20,28H,16H2,(H,26,27). The Bertz CT molecular complexity index is 1060. The number of hydrogen-bond acceptors (Lipinski definition) is 3. The quantitative estimate of drug-likeness (QED) is 0.482. The lowest BCUT2D eigenvalue weighted by Gasteiger charge is -2.18. The minimum Gasteiger partial charge on any atom is -0.504 e. The van der Waals surface area contributed by atoms with Crippen LogP contribution in [0.3, 0.4) is 0 Å². The smallest absolute Gasteiger partial charge is 0.225 e. The molecule has 2 N–H and O–H groups in total. The molecule has 0 saturated heterocycles. The van der Waals surface area contributed by atoms with Gasteiger partial charge in [-0.2, -0.15) is 0 Å². The number of phenols is 1. The van der Waals surface area contributed by atoms with Gasteiger partial charge in [-0.05, 0) is 23.3 Å². The number of aromatic nitrogens is 1. The zero-order chi connectivity index (χ0) is 19.3. The van der Waals surface area contributed by atoms with Crippen molar-refractivity contribution in [3.05, 3.63) is 102 Å². The number of aromatic hydroxyl groups is 1. The topological polar surface area (TPSA) is 62.2 Å². The summed E-state index contributed by atoms with van der Waals surface area (Å²) in [6, 6.07) is 27.2. The number of hydrogen-bond donors (Lipinski definition) is 2. The molecule has 0 aliphatic carbocycles. The summed E-state index contributed by atoms with van der Waals surface area (Å²) in [5.41, 5.74) is 3.00. The number of rotatable bonds is 5. The molecule has 1 aromatic heterocycles. The van der Waals surface area contributed by atoms with Crippen molar-refractivity contribution in [2.45, 2.75) is 12.3 Å². The molecule has 1 amide bonds. The molecular formula is C24H20N2O2. The summed E-state index contributed by atoms with van der Waals surface area (Å²) in [6.45, 7) is 0. The molecule has 4 heteroatoms. The monoisotopic (exact) mass is 368 g/mol. The second kappa shape index (κ2) is 7.92. The van der Waals surface area contributed by atoms with E-state index in [9.17, 15) is 9.90 Å². The van der Waals surface area contributed by atoms with Crippen LogP contribution in [0.25, 0.3) is 10.9 Å². The fourth-order valence-corrected chi connectivity index (χ4v) is 3.42. The number of fused-ring (bicyclic) bond motifs is 1. The molecule has 138 valence electrons. The summed E-state index contributed by atoms with van der Waals surface area (Å²) in [4.78, 5) is 17.0. The van der Waals surface area contributed by atoms with Crippen LogP contribution in [-0.2, 0) is 4.79 Å². The summed E-state index contributed by atoms with van der Waals surface area (Å²) in [6.07, 6.45) is 1.89. The molecular weight excluding hydrogens is 348 g/mol. The highest BCUT2D eigenvalue weighted by molar-refractivity contribution is 5.98. The van der Waals surface area contributed by atoms with Gasteiger partial charge in [-0.3, -0.25) is 9.78 Å². The van der Waals surface area contributed by atoms with Crippen LogP contribution in [0.5, 0.6) is 5.75 Å². The predicted molar refractivity (Wildman–Crippen MR) is 111 cm³/mol. The van der Waals surface area contributed by atoms with Crippen molar-refractivity contribution in [3.63, 3.8) is 0 Å². The summed E-state index contributed by atoms with van der Waals surface area (Å²) >= 11 is 0. The van der Waals surface area contributed by atoms with Gasteiger partial charge in [-0.15, -0.1) is 0 Å². The van der Waals surface area contributed by atoms with Gasteiger partial charge < -0.3 is 10.4 Å². The Labute approximate surface area is 163 Å². The second-order valence-corrected chi connectivity index (χ2v) is 6.66. The molecule has 0 unspecified atom stereocenters. The van der Waals surface area contributed by atoms with Crippen LogP contribution in [-0.4, -0.2) is 16.0 Å². The predicted octanol–water partition coefficient (Wildman–Crippen LogP) is 5.10. The minimum atomic E-state index is -0.164. The number of anilines is 1. The minimum absolute atomic E-state index is 0.0116. The number of pyridine rings is 1. The third kappa shape index (κ3) is 3.71. The van der Waals surface area contributed by atoms with Gasteiger partial charge in [0.05, 0.1) is 5.69 Å². The van der Waals surface area contributed by atoms with E-state index >= 15 is 0 Å². The van der Waals surface area contributed by atoms with Crippen molar-refractivity contribution >= 4 is 22.5 Å². The first-order valence-electron chi connectivity index (χ1n) is 9.19. The van der Waals surface area contributed by atoms with Crippen LogP contribution in [0.1, 0.15) is 23.5 Å². The van der Waals surface area contributed by atoms with Gasteiger partial charge in [-0.1, -0.05) is 72.8 Å². The molecule has 0 aliphatic heterocycles. The number of nitrogens with one attached hydrogen (secondary N) is 1. The maximum atomic E-state index is 12.8. The van der Waals surface area contributed by atoms with Crippen LogP contribution >= 0.6 is 0 Å². The first kappa shape index (κ1) is 17.7. The number of benzene rings is 3. The Morgan fingerprint density at radius 3 is 2.14 bits per heavy atom. The van der Waals surface area contributed by atoms with E-state index in [1.807, 2.05) is 78.9 Å². The molecule has 3 aromatic carbocycles. The zero-order valence-electron chi connectivity index (χ0n) is 15.2. The first-order chi connectivity index (χ1) is 13.7. The fourth-order valence-electron chi connectivity index (χ4n) is 3.42. The average Bonchev–Trinajstić information content (AvgIpc) is 2.75. The van der Waals surface area contributed by atoms with Crippen molar-refractivity contribution < 1.29 is 9.90 Å². The van der Waals surface area contributed by atoms with E-state index in [-0.39, 0.29) is 24.0 Å². The largest absolute Gasteiger partial charge is 0.504 e. The van der Waals surface area contributed by atoms with E-state index in [4.69, 9.17) is 0 Å². The first-order valence-corrected chi connectivity index (χ1v) is 9.19. The van der Waals surface area contributed by atoms with Crippen molar-refractivity contribution in [3.8, 4) is 5.75 Å². The molecule has 1 heterocycles. The molecule has 4 aromatic rings. The molecule has 0 aliphatic rings. The Hall–Kier alpha value is -3.66. The van der Waals surface area contributed by atoms with Crippen LogP contribution < -0.4 is 5.32 Å². The van der Waals surface area contributed by atoms with E-state index in [1.54, 1.807) is 12.3 Å². The van der Waals surface area contributed by atoms with Gasteiger partial charge in [-0.25, -0.2) is 0 Å². The molecule has 0 fully saturated rings. The second-order valence-electron chi connectivity index (χ2n) is 6.66. The van der Waals surface area contributed by atoms with Crippen LogP contribution in [0.2, 0.25) is 0 Å². The highest BCUT2D eigenvalue weighted by Crippen LogP contribution is 2.32. The lowest BCUT2D eigenvalue weighted by molar-refractivity contribution is -0.116. The van der Waals surface area contributed by atoms with E-state index in [0.29, 0.717) is 11.2 Å². The van der Waals surface area contributed by atoms with Gasteiger partial charge in [0.1, 0.15) is 5.52 Å². The van der Waals surface area contributed by atoms with E-state index < -0.39 is 0 Å². The highest BCUT2D eigenvalue weighted by Gasteiger charge is 2.19. The summed E-state index contributed by atoms with van der Waals surface area (Å²) < 4.78 is 0. The van der Waals surface area contributed by atoms with Crippen molar-refractivity contribution in [2.24, 2.45) is 0 Å². The maximum absolute atomic E-state index is 12.8. The molecule has 28 heavy (non-hydrogen) atoms. The molecule has 0 radical (unpaired) electrons. The number of amides is 1. The van der Waals surface area contributed by atoms with E-state index in [1.165, 1.54) is 0 Å². The molecule has 4 rings (SSSR count). The van der Waals surface area contributed by atoms with Gasteiger partial charge in [0.15, 0.2) is 5.75 Å². The fraction of sp³-hybridized carbons (Fsp3) is 0.0833. The average molecular weight is 368 g/mol. The Balaban J connectivity index is 1.60. The Morgan fingerprint density at radius 2 is 1.50 bits per heavy atom. The highest BCUT2D eigenvalue weighted by atomic mass is 16.3. The number of carbonyl (C=O) groups is 1. The lowest BCUT2D eigenvalue weighted by atomic mass is 9.88. The normalized spacial score (nSPS) is 10.9. The number of carbonyl (C=O) groups excluding carboxylic acids is 1. The van der Waals surface area contributed by atoms with E-state index in [2.05, 4.69) is 10.3 Å². The number of nitrogens with zero attached hydrogens (tertiary/aromatic N) is 1. The van der Waals surface area contributed by atoms with Crippen molar-refractivity contribution in [1.29, 1.82) is 0 Å². The van der Waals surface area contributed by atoms with Crippen molar-refractivity contribution in [2.75, 3.05) is 5.32 Å². The molecule has 0 spiro atoms. The third-order valence-corrected chi connectivity index (χ3v) is 4.82. The summed E-state index contributed by atoms with van der Waals surface area (Å²) in [5, 5.41) is 14.2. The number of phenolic OH excluding ortho intramolecular Hbond substituents is 1. The van der Waals surface area contributed by atoms with Gasteiger partial charge >= 0.3 is 0 Å². The zero-order valence-corrected chi connectivity index (χ0v) is 15.2. The molecule has 0 saturated carbocycles. The molecule has 0 atom stereocenters. The summed E-state index contributed by atoms with van der Waals surface area (Å²) in [5.74, 6) is -0.242. The third-order valence-electron chi connectivity index (χ3n) is 4.82.